The lowest BCUT2D eigenvalue weighted by molar-refractivity contribution is 0.0687. The third-order valence-electron chi connectivity index (χ3n) is 4.31. The standard InChI is InChI=1S/C17H26N2O.ClH/c1-3-14-4-6-16(7-5-14)17(20)19-12-9-15(10-13-19)8-11-18-2;/h4-7,15,18H,3,8-13H2,1-2H3;1H. The van der Waals surface area contributed by atoms with E-state index in [1.54, 1.807) is 0 Å². The van der Waals surface area contributed by atoms with Gasteiger partial charge in [0.2, 0.25) is 0 Å². The summed E-state index contributed by atoms with van der Waals surface area (Å²) in [6, 6.07) is 8.06. The Morgan fingerprint density at radius 2 is 1.86 bits per heavy atom. The van der Waals surface area contributed by atoms with Gasteiger partial charge in [-0.3, -0.25) is 4.79 Å². The molecule has 1 N–H and O–H groups in total. The maximum absolute atomic E-state index is 12.4. The molecule has 1 aromatic carbocycles. The highest BCUT2D eigenvalue weighted by Crippen LogP contribution is 2.21. The van der Waals surface area contributed by atoms with Crippen molar-refractivity contribution in [2.45, 2.75) is 32.6 Å². The molecule has 0 atom stereocenters. The van der Waals surface area contributed by atoms with Crippen LogP contribution >= 0.6 is 12.4 Å². The van der Waals surface area contributed by atoms with Gasteiger partial charge in [0.1, 0.15) is 0 Å². The molecule has 0 aromatic heterocycles. The minimum absolute atomic E-state index is 0. The molecule has 1 aliphatic heterocycles. The third kappa shape index (κ3) is 5.01. The summed E-state index contributed by atoms with van der Waals surface area (Å²) >= 11 is 0. The van der Waals surface area contributed by atoms with Crippen LogP contribution in [0.25, 0.3) is 0 Å². The second-order valence-corrected chi connectivity index (χ2v) is 5.68. The van der Waals surface area contributed by atoms with Crippen molar-refractivity contribution in [3.63, 3.8) is 0 Å². The first-order valence-corrected chi connectivity index (χ1v) is 7.77. The molecular formula is C17H27ClN2O. The third-order valence-corrected chi connectivity index (χ3v) is 4.31. The molecule has 1 heterocycles. The van der Waals surface area contributed by atoms with Gasteiger partial charge in [-0.05, 0) is 62.9 Å². The number of halogens is 1. The Balaban J connectivity index is 0.00000220. The minimum atomic E-state index is 0. The normalized spacial score (nSPS) is 15.6. The summed E-state index contributed by atoms with van der Waals surface area (Å²) in [5.74, 6) is 0.966. The van der Waals surface area contributed by atoms with Gasteiger partial charge in [-0.25, -0.2) is 0 Å². The maximum Gasteiger partial charge on any atom is 0.253 e. The molecule has 1 saturated heterocycles. The molecule has 1 aliphatic rings. The summed E-state index contributed by atoms with van der Waals surface area (Å²) in [4.78, 5) is 14.4. The SMILES string of the molecule is CCc1ccc(C(=O)N2CCC(CCNC)CC2)cc1.Cl. The Kier molecular flexibility index (Phi) is 7.76. The zero-order valence-corrected chi connectivity index (χ0v) is 13.9. The monoisotopic (exact) mass is 310 g/mol. The summed E-state index contributed by atoms with van der Waals surface area (Å²) in [6.07, 6.45) is 4.52. The number of aryl methyl sites for hydroxylation is 1. The Labute approximate surface area is 134 Å². The molecule has 0 aliphatic carbocycles. The minimum Gasteiger partial charge on any atom is -0.339 e. The van der Waals surface area contributed by atoms with Crippen LogP contribution in [0.4, 0.5) is 0 Å². The molecule has 1 amide bonds. The van der Waals surface area contributed by atoms with Crippen LogP contribution in [0, 0.1) is 5.92 Å². The lowest BCUT2D eigenvalue weighted by Gasteiger charge is -2.32. The molecule has 4 heteroatoms. The molecule has 2 rings (SSSR count). The van der Waals surface area contributed by atoms with Gasteiger partial charge >= 0.3 is 0 Å². The van der Waals surface area contributed by atoms with Crippen molar-refractivity contribution < 1.29 is 4.79 Å². The van der Waals surface area contributed by atoms with Crippen LogP contribution in [0.3, 0.4) is 0 Å². The predicted octanol–water partition coefficient (Wildman–Crippen LogP) is 3.13. The topological polar surface area (TPSA) is 32.3 Å². The molecule has 3 nitrogen and oxygen atoms in total. The number of hydrogen-bond donors (Lipinski definition) is 1. The first kappa shape index (κ1) is 18.0. The number of nitrogens with one attached hydrogen (secondary N) is 1. The number of carbonyl (C=O) groups excluding carboxylic acids is 1. The van der Waals surface area contributed by atoms with E-state index in [4.69, 9.17) is 0 Å². The fraction of sp³-hybridized carbons (Fsp3) is 0.588. The molecule has 0 radical (unpaired) electrons. The maximum atomic E-state index is 12.4. The van der Waals surface area contributed by atoms with Gasteiger partial charge in [-0.2, -0.15) is 0 Å². The van der Waals surface area contributed by atoms with Crippen molar-refractivity contribution in [2.75, 3.05) is 26.7 Å². The summed E-state index contributed by atoms with van der Waals surface area (Å²) in [6.45, 7) is 5.02. The number of piperidine rings is 1. The number of benzene rings is 1. The van der Waals surface area contributed by atoms with E-state index >= 15 is 0 Å². The van der Waals surface area contributed by atoms with Crippen molar-refractivity contribution in [1.82, 2.24) is 10.2 Å². The number of likely N-dealkylation sites (tertiary alicyclic amines) is 1. The van der Waals surface area contributed by atoms with Crippen molar-refractivity contribution in [1.29, 1.82) is 0 Å². The number of amides is 1. The highest BCUT2D eigenvalue weighted by molar-refractivity contribution is 5.94. The smallest absolute Gasteiger partial charge is 0.253 e. The van der Waals surface area contributed by atoms with Crippen LogP contribution in [-0.2, 0) is 6.42 Å². The van der Waals surface area contributed by atoms with E-state index in [1.165, 1.54) is 12.0 Å². The summed E-state index contributed by atoms with van der Waals surface area (Å²) in [7, 11) is 2.00. The zero-order valence-electron chi connectivity index (χ0n) is 13.1. The van der Waals surface area contributed by atoms with Gasteiger partial charge in [0, 0.05) is 18.7 Å². The highest BCUT2D eigenvalue weighted by atomic mass is 35.5. The van der Waals surface area contributed by atoms with E-state index in [-0.39, 0.29) is 18.3 Å². The number of nitrogens with zero attached hydrogens (tertiary/aromatic N) is 1. The zero-order chi connectivity index (χ0) is 14.4. The van der Waals surface area contributed by atoms with E-state index in [2.05, 4.69) is 24.4 Å². The first-order valence-electron chi connectivity index (χ1n) is 7.77. The van der Waals surface area contributed by atoms with E-state index in [0.29, 0.717) is 0 Å². The van der Waals surface area contributed by atoms with Gasteiger partial charge < -0.3 is 10.2 Å². The number of carbonyl (C=O) groups is 1. The predicted molar refractivity (Wildman–Crippen MR) is 90.2 cm³/mol. The van der Waals surface area contributed by atoms with Crippen LogP contribution in [0.15, 0.2) is 24.3 Å². The first-order chi connectivity index (χ1) is 9.74. The van der Waals surface area contributed by atoms with Crippen LogP contribution in [0.5, 0.6) is 0 Å². The summed E-state index contributed by atoms with van der Waals surface area (Å²) in [5.41, 5.74) is 2.11. The molecule has 21 heavy (non-hydrogen) atoms. The second-order valence-electron chi connectivity index (χ2n) is 5.68. The van der Waals surface area contributed by atoms with E-state index < -0.39 is 0 Å². The van der Waals surface area contributed by atoms with Crippen LogP contribution < -0.4 is 5.32 Å². The van der Waals surface area contributed by atoms with E-state index in [9.17, 15) is 4.79 Å². The fourth-order valence-electron chi connectivity index (χ4n) is 2.84. The van der Waals surface area contributed by atoms with Crippen LogP contribution in [-0.4, -0.2) is 37.5 Å². The number of hydrogen-bond acceptors (Lipinski definition) is 2. The average Bonchev–Trinajstić information content (AvgIpc) is 2.53. The average molecular weight is 311 g/mol. The van der Waals surface area contributed by atoms with E-state index in [0.717, 1.165) is 50.4 Å². The largest absolute Gasteiger partial charge is 0.339 e. The van der Waals surface area contributed by atoms with Gasteiger partial charge in [0.25, 0.3) is 5.91 Å². The van der Waals surface area contributed by atoms with Crippen molar-refractivity contribution in [3.8, 4) is 0 Å². The highest BCUT2D eigenvalue weighted by Gasteiger charge is 2.23. The molecule has 0 saturated carbocycles. The quantitative estimate of drug-likeness (QED) is 0.906. The van der Waals surface area contributed by atoms with Gasteiger partial charge in [-0.1, -0.05) is 19.1 Å². The molecule has 0 spiro atoms. The molecule has 0 bridgehead atoms. The molecule has 0 unspecified atom stereocenters. The summed E-state index contributed by atoms with van der Waals surface area (Å²) in [5, 5.41) is 3.21. The lowest BCUT2D eigenvalue weighted by atomic mass is 9.93. The molecular weight excluding hydrogens is 284 g/mol. The Morgan fingerprint density at radius 3 is 2.38 bits per heavy atom. The van der Waals surface area contributed by atoms with Gasteiger partial charge in [0.15, 0.2) is 0 Å². The molecule has 118 valence electrons. The lowest BCUT2D eigenvalue weighted by Crippen LogP contribution is -2.38. The van der Waals surface area contributed by atoms with Crippen molar-refractivity contribution in [2.24, 2.45) is 5.92 Å². The molecule has 1 fully saturated rings. The summed E-state index contributed by atoms with van der Waals surface area (Å²) < 4.78 is 0. The number of rotatable bonds is 5. The van der Waals surface area contributed by atoms with Crippen LogP contribution in [0.2, 0.25) is 0 Å². The molecule has 1 aromatic rings. The Bertz CT molecular complexity index is 425. The second kappa shape index (κ2) is 9.06. The van der Waals surface area contributed by atoms with Crippen molar-refractivity contribution >= 4 is 18.3 Å². The Hall–Kier alpha value is -1.06. The van der Waals surface area contributed by atoms with Gasteiger partial charge in [0.05, 0.1) is 0 Å². The van der Waals surface area contributed by atoms with E-state index in [1.807, 2.05) is 24.1 Å². The fourth-order valence-corrected chi connectivity index (χ4v) is 2.84. The van der Waals surface area contributed by atoms with Gasteiger partial charge in [-0.15, -0.1) is 12.4 Å². The Morgan fingerprint density at radius 1 is 1.24 bits per heavy atom. The van der Waals surface area contributed by atoms with Crippen molar-refractivity contribution in [3.05, 3.63) is 35.4 Å². The van der Waals surface area contributed by atoms with Crippen LogP contribution in [0.1, 0.15) is 42.1 Å².